The van der Waals surface area contributed by atoms with Crippen molar-refractivity contribution in [1.29, 1.82) is 0 Å². The van der Waals surface area contributed by atoms with Crippen LogP contribution in [0.25, 0.3) is 11.5 Å². The fourth-order valence-corrected chi connectivity index (χ4v) is 2.15. The van der Waals surface area contributed by atoms with Gasteiger partial charge in [-0.1, -0.05) is 18.2 Å². The maximum atomic E-state index is 5.84. The van der Waals surface area contributed by atoms with Gasteiger partial charge in [0.25, 0.3) is 0 Å². The predicted molar refractivity (Wildman–Crippen MR) is 86.3 cm³/mol. The molecule has 5 nitrogen and oxygen atoms in total. The van der Waals surface area contributed by atoms with Crippen LogP contribution in [0.1, 0.15) is 19.4 Å². The zero-order valence-electron chi connectivity index (χ0n) is 13.1. The zero-order valence-corrected chi connectivity index (χ0v) is 13.1. The minimum absolute atomic E-state index is 0.129. The molecule has 1 aromatic heterocycles. The van der Waals surface area contributed by atoms with E-state index in [1.165, 1.54) is 6.39 Å². The van der Waals surface area contributed by atoms with Gasteiger partial charge < -0.3 is 13.9 Å². The number of para-hydroxylation sites is 1. The third kappa shape index (κ3) is 3.88. The Bertz CT molecular complexity index is 737. The molecule has 0 bridgehead atoms. The Morgan fingerprint density at radius 2 is 1.83 bits per heavy atom. The molecule has 0 N–H and O–H groups in total. The number of benzene rings is 2. The second-order valence-electron chi connectivity index (χ2n) is 5.33. The fourth-order valence-electron chi connectivity index (χ4n) is 2.15. The maximum absolute atomic E-state index is 5.84. The van der Waals surface area contributed by atoms with E-state index >= 15 is 0 Å². The van der Waals surface area contributed by atoms with Crippen molar-refractivity contribution in [2.75, 3.05) is 0 Å². The van der Waals surface area contributed by atoms with E-state index in [2.05, 4.69) is 10.2 Å². The lowest BCUT2D eigenvalue weighted by molar-refractivity contribution is 0.230. The van der Waals surface area contributed by atoms with Gasteiger partial charge in [-0.15, -0.1) is 10.2 Å². The fraction of sp³-hybridized carbons (Fsp3) is 0.222. The summed E-state index contributed by atoms with van der Waals surface area (Å²) in [7, 11) is 0. The minimum Gasteiger partial charge on any atom is -0.491 e. The molecule has 0 saturated heterocycles. The van der Waals surface area contributed by atoms with Crippen LogP contribution in [0.4, 0.5) is 0 Å². The summed E-state index contributed by atoms with van der Waals surface area (Å²) in [5.41, 5.74) is 1.88. The van der Waals surface area contributed by atoms with Gasteiger partial charge in [-0.2, -0.15) is 0 Å². The number of rotatable bonds is 6. The standard InChI is InChI=1S/C18H18N2O3/c1-13(2)23-17-6-4-3-5-15(17)11-21-16-9-7-14(8-10-16)18-20-19-12-22-18/h3-10,12-13H,11H2,1-2H3. The van der Waals surface area contributed by atoms with E-state index in [-0.39, 0.29) is 6.10 Å². The molecule has 3 aromatic rings. The molecule has 0 spiro atoms. The average Bonchev–Trinajstić information content (AvgIpc) is 3.08. The molecule has 2 aromatic carbocycles. The predicted octanol–water partition coefficient (Wildman–Crippen LogP) is 4.10. The average molecular weight is 310 g/mol. The molecule has 0 atom stereocenters. The summed E-state index contributed by atoms with van der Waals surface area (Å²) in [5, 5.41) is 7.54. The summed E-state index contributed by atoms with van der Waals surface area (Å²) in [6.07, 6.45) is 1.44. The van der Waals surface area contributed by atoms with Gasteiger partial charge in [0.15, 0.2) is 0 Å². The van der Waals surface area contributed by atoms with Crippen molar-refractivity contribution < 1.29 is 13.9 Å². The van der Waals surface area contributed by atoms with Gasteiger partial charge in [0.2, 0.25) is 12.3 Å². The van der Waals surface area contributed by atoms with Crippen molar-refractivity contribution in [1.82, 2.24) is 10.2 Å². The molecule has 118 valence electrons. The molecular formula is C18H18N2O3. The van der Waals surface area contributed by atoms with Crippen LogP contribution in [-0.2, 0) is 6.61 Å². The van der Waals surface area contributed by atoms with E-state index in [4.69, 9.17) is 13.9 Å². The third-order valence-corrected chi connectivity index (χ3v) is 3.19. The lowest BCUT2D eigenvalue weighted by Crippen LogP contribution is -2.08. The highest BCUT2D eigenvalue weighted by molar-refractivity contribution is 5.53. The number of nitrogens with zero attached hydrogens (tertiary/aromatic N) is 2. The van der Waals surface area contributed by atoms with E-state index in [0.29, 0.717) is 12.5 Å². The molecule has 3 rings (SSSR count). The summed E-state index contributed by atoms with van der Waals surface area (Å²) in [6.45, 7) is 4.46. The highest BCUT2D eigenvalue weighted by Gasteiger charge is 2.07. The van der Waals surface area contributed by atoms with Gasteiger partial charge >= 0.3 is 0 Å². The zero-order chi connectivity index (χ0) is 16.1. The van der Waals surface area contributed by atoms with Gasteiger partial charge in [-0.3, -0.25) is 0 Å². The van der Waals surface area contributed by atoms with Crippen LogP contribution in [0.2, 0.25) is 0 Å². The first-order valence-corrected chi connectivity index (χ1v) is 7.46. The second kappa shape index (κ2) is 6.96. The van der Waals surface area contributed by atoms with Crippen molar-refractivity contribution in [3.05, 3.63) is 60.5 Å². The molecule has 0 amide bonds. The largest absolute Gasteiger partial charge is 0.491 e. The van der Waals surface area contributed by atoms with Crippen molar-refractivity contribution in [2.45, 2.75) is 26.6 Å². The number of hydrogen-bond donors (Lipinski definition) is 0. The molecule has 0 fully saturated rings. The normalized spacial score (nSPS) is 10.7. The van der Waals surface area contributed by atoms with Crippen LogP contribution >= 0.6 is 0 Å². The molecule has 0 unspecified atom stereocenters. The van der Waals surface area contributed by atoms with Crippen molar-refractivity contribution in [2.24, 2.45) is 0 Å². The summed E-state index contributed by atoms with van der Waals surface area (Å²) >= 11 is 0. The first kappa shape index (κ1) is 15.1. The summed E-state index contributed by atoms with van der Waals surface area (Å²) < 4.78 is 16.8. The number of hydrogen-bond acceptors (Lipinski definition) is 5. The third-order valence-electron chi connectivity index (χ3n) is 3.19. The summed E-state index contributed by atoms with van der Waals surface area (Å²) in [6, 6.07) is 15.4. The van der Waals surface area contributed by atoms with Gasteiger partial charge in [0.1, 0.15) is 18.1 Å². The van der Waals surface area contributed by atoms with Crippen molar-refractivity contribution in [3.8, 4) is 23.0 Å². The van der Waals surface area contributed by atoms with Crippen LogP contribution in [-0.4, -0.2) is 16.3 Å². The molecule has 23 heavy (non-hydrogen) atoms. The van der Waals surface area contributed by atoms with E-state index in [0.717, 1.165) is 22.6 Å². The molecule has 0 radical (unpaired) electrons. The summed E-state index contributed by atoms with van der Waals surface area (Å²) in [5.74, 6) is 2.12. The van der Waals surface area contributed by atoms with Gasteiger partial charge in [-0.05, 0) is 44.2 Å². The molecule has 0 aliphatic carbocycles. The summed E-state index contributed by atoms with van der Waals surface area (Å²) in [4.78, 5) is 0. The van der Waals surface area contributed by atoms with Gasteiger partial charge in [-0.25, -0.2) is 0 Å². The minimum atomic E-state index is 0.129. The Hall–Kier alpha value is -2.82. The maximum Gasteiger partial charge on any atom is 0.247 e. The molecule has 0 aliphatic rings. The molecule has 5 heteroatoms. The Balaban J connectivity index is 1.67. The van der Waals surface area contributed by atoms with E-state index in [1.54, 1.807) is 0 Å². The number of ether oxygens (including phenoxy) is 2. The quantitative estimate of drug-likeness (QED) is 0.686. The molecular weight excluding hydrogens is 292 g/mol. The SMILES string of the molecule is CC(C)Oc1ccccc1COc1ccc(-c2nnco2)cc1. The highest BCUT2D eigenvalue weighted by atomic mass is 16.5. The number of aromatic nitrogens is 2. The molecule has 1 heterocycles. The highest BCUT2D eigenvalue weighted by Crippen LogP contribution is 2.24. The van der Waals surface area contributed by atoms with Crippen molar-refractivity contribution in [3.63, 3.8) is 0 Å². The second-order valence-corrected chi connectivity index (χ2v) is 5.33. The lowest BCUT2D eigenvalue weighted by Gasteiger charge is -2.14. The van der Waals surface area contributed by atoms with E-state index in [9.17, 15) is 0 Å². The Morgan fingerprint density at radius 3 is 2.52 bits per heavy atom. The van der Waals surface area contributed by atoms with Crippen LogP contribution in [0.15, 0.2) is 59.3 Å². The van der Waals surface area contributed by atoms with Crippen LogP contribution in [0.3, 0.4) is 0 Å². The van der Waals surface area contributed by atoms with Crippen LogP contribution in [0, 0.1) is 0 Å². The first-order valence-electron chi connectivity index (χ1n) is 7.46. The molecule has 0 saturated carbocycles. The van der Waals surface area contributed by atoms with Crippen LogP contribution in [0.5, 0.6) is 11.5 Å². The lowest BCUT2D eigenvalue weighted by atomic mass is 10.2. The van der Waals surface area contributed by atoms with Gasteiger partial charge in [0, 0.05) is 11.1 Å². The first-order chi connectivity index (χ1) is 11.2. The topological polar surface area (TPSA) is 57.4 Å². The smallest absolute Gasteiger partial charge is 0.247 e. The molecule has 0 aliphatic heterocycles. The Kier molecular flexibility index (Phi) is 4.57. The van der Waals surface area contributed by atoms with Gasteiger partial charge in [0.05, 0.1) is 6.10 Å². The van der Waals surface area contributed by atoms with Crippen molar-refractivity contribution >= 4 is 0 Å². The Labute approximate surface area is 134 Å². The monoisotopic (exact) mass is 310 g/mol. The van der Waals surface area contributed by atoms with E-state index < -0.39 is 0 Å². The Morgan fingerprint density at radius 1 is 1.04 bits per heavy atom. The van der Waals surface area contributed by atoms with Crippen LogP contribution < -0.4 is 9.47 Å². The van der Waals surface area contributed by atoms with E-state index in [1.807, 2.05) is 62.4 Å².